The van der Waals surface area contributed by atoms with Gasteiger partial charge in [-0.2, -0.15) is 0 Å². The summed E-state index contributed by atoms with van der Waals surface area (Å²) in [4.78, 5) is 12.2. The van der Waals surface area contributed by atoms with Gasteiger partial charge in [0.25, 0.3) is 0 Å². The molecule has 5 nitrogen and oxygen atoms in total. The van der Waals surface area contributed by atoms with Crippen LogP contribution in [0.1, 0.15) is 12.8 Å². The molecule has 21 heavy (non-hydrogen) atoms. The van der Waals surface area contributed by atoms with Crippen molar-refractivity contribution in [3.8, 4) is 0 Å². The van der Waals surface area contributed by atoms with Gasteiger partial charge in [-0.05, 0) is 31.0 Å². The molecule has 0 saturated carbocycles. The van der Waals surface area contributed by atoms with Gasteiger partial charge in [0.15, 0.2) is 0 Å². The molecule has 8 heteroatoms. The van der Waals surface area contributed by atoms with E-state index in [1.807, 2.05) is 0 Å². The molecule has 0 aliphatic carbocycles. The fourth-order valence-corrected chi connectivity index (χ4v) is 3.77. The first-order chi connectivity index (χ1) is 9.75. The molecule has 2 rings (SSSR count). The van der Waals surface area contributed by atoms with Crippen molar-refractivity contribution in [2.75, 3.05) is 24.7 Å². The van der Waals surface area contributed by atoms with E-state index in [0.717, 1.165) is 6.26 Å². The maximum Gasteiger partial charge on any atom is 0.228 e. The summed E-state index contributed by atoms with van der Waals surface area (Å²) in [6, 6.07) is 4.77. The summed E-state index contributed by atoms with van der Waals surface area (Å²) in [6.45, 7) is 0.671. The zero-order valence-corrected chi connectivity index (χ0v) is 13.8. The number of halogens is 2. The molecule has 116 valence electrons. The van der Waals surface area contributed by atoms with Crippen LogP contribution < -0.4 is 5.32 Å². The molecule has 1 amide bonds. The van der Waals surface area contributed by atoms with E-state index in [2.05, 4.69) is 5.32 Å². The first-order valence-electron chi connectivity index (χ1n) is 6.48. The summed E-state index contributed by atoms with van der Waals surface area (Å²) in [5.74, 6) is -0.590. The van der Waals surface area contributed by atoms with E-state index < -0.39 is 10.0 Å². The van der Waals surface area contributed by atoms with Crippen molar-refractivity contribution in [3.63, 3.8) is 0 Å². The second-order valence-corrected chi connectivity index (χ2v) is 7.96. The zero-order valence-electron chi connectivity index (χ0n) is 11.5. The number of carbonyl (C=O) groups excluding carboxylic acids is 1. The minimum absolute atomic E-state index is 0.207. The number of rotatable bonds is 3. The van der Waals surface area contributed by atoms with Crippen LogP contribution in [0.5, 0.6) is 0 Å². The Bertz CT molecular complexity index is 629. The van der Waals surface area contributed by atoms with Gasteiger partial charge in [0.2, 0.25) is 15.9 Å². The van der Waals surface area contributed by atoms with Crippen LogP contribution in [0.2, 0.25) is 10.0 Å². The number of hydrogen-bond acceptors (Lipinski definition) is 3. The molecule has 1 aliphatic heterocycles. The number of sulfonamides is 1. The van der Waals surface area contributed by atoms with Gasteiger partial charge in [-0.1, -0.05) is 23.2 Å². The van der Waals surface area contributed by atoms with Crippen molar-refractivity contribution in [2.24, 2.45) is 5.92 Å². The molecule has 0 bridgehead atoms. The molecule has 1 aromatic rings. The number of hydrogen-bond donors (Lipinski definition) is 1. The third kappa shape index (κ3) is 4.57. The zero-order chi connectivity index (χ0) is 15.6. The monoisotopic (exact) mass is 350 g/mol. The van der Waals surface area contributed by atoms with Gasteiger partial charge in [-0.25, -0.2) is 12.7 Å². The van der Waals surface area contributed by atoms with Gasteiger partial charge in [0, 0.05) is 28.8 Å². The SMILES string of the molecule is CS(=O)(=O)N1CCC[C@H](C(=O)Nc2cc(Cl)cc(Cl)c2)C1. The molecule has 1 atom stereocenters. The average Bonchev–Trinajstić information content (AvgIpc) is 2.36. The van der Waals surface area contributed by atoms with Gasteiger partial charge < -0.3 is 5.32 Å². The Balaban J connectivity index is 2.06. The lowest BCUT2D eigenvalue weighted by Gasteiger charge is -2.30. The van der Waals surface area contributed by atoms with Crippen LogP contribution in [0.4, 0.5) is 5.69 Å². The van der Waals surface area contributed by atoms with Crippen molar-refractivity contribution >= 4 is 44.8 Å². The molecule has 1 fully saturated rings. The molecule has 1 aromatic carbocycles. The van der Waals surface area contributed by atoms with Crippen LogP contribution in [0.15, 0.2) is 18.2 Å². The molecule has 1 aliphatic rings. The lowest BCUT2D eigenvalue weighted by atomic mass is 9.99. The molecule has 0 aromatic heterocycles. The van der Waals surface area contributed by atoms with Gasteiger partial charge in [-0.15, -0.1) is 0 Å². The van der Waals surface area contributed by atoms with Crippen molar-refractivity contribution in [3.05, 3.63) is 28.2 Å². The first-order valence-corrected chi connectivity index (χ1v) is 9.08. The molecule has 0 spiro atoms. The Hall–Kier alpha value is -0.820. The van der Waals surface area contributed by atoms with Gasteiger partial charge in [0.1, 0.15) is 0 Å². The van der Waals surface area contributed by atoms with Crippen molar-refractivity contribution in [2.45, 2.75) is 12.8 Å². The van der Waals surface area contributed by atoms with Gasteiger partial charge in [0.05, 0.1) is 12.2 Å². The Morgan fingerprint density at radius 2 is 1.90 bits per heavy atom. The standard InChI is InChI=1S/C13H16Cl2N2O3S/c1-21(19,20)17-4-2-3-9(8-17)13(18)16-12-6-10(14)5-11(15)7-12/h5-7,9H,2-4,8H2,1H3,(H,16,18)/t9-/m0/s1. The van der Waals surface area contributed by atoms with Crippen molar-refractivity contribution in [1.82, 2.24) is 4.31 Å². The molecular weight excluding hydrogens is 335 g/mol. The fourth-order valence-electron chi connectivity index (χ4n) is 2.33. The normalized spacial score (nSPS) is 20.2. The van der Waals surface area contributed by atoms with Crippen molar-refractivity contribution < 1.29 is 13.2 Å². The first kappa shape index (κ1) is 16.5. The summed E-state index contributed by atoms with van der Waals surface area (Å²) in [5, 5.41) is 3.60. The van der Waals surface area contributed by atoms with E-state index in [1.165, 1.54) is 4.31 Å². The molecule has 0 unspecified atom stereocenters. The van der Waals surface area contributed by atoms with E-state index in [1.54, 1.807) is 18.2 Å². The van der Waals surface area contributed by atoms with Crippen LogP contribution in [0, 0.1) is 5.92 Å². The second kappa shape index (κ2) is 6.52. The van der Waals surface area contributed by atoms with Gasteiger partial charge >= 0.3 is 0 Å². The van der Waals surface area contributed by atoms with E-state index in [9.17, 15) is 13.2 Å². The maximum absolute atomic E-state index is 12.2. The maximum atomic E-state index is 12.2. The van der Waals surface area contributed by atoms with Crippen LogP contribution >= 0.6 is 23.2 Å². The summed E-state index contributed by atoms with van der Waals surface area (Å²) < 4.78 is 24.5. The fraction of sp³-hybridized carbons (Fsp3) is 0.462. The van der Waals surface area contributed by atoms with E-state index >= 15 is 0 Å². The quantitative estimate of drug-likeness (QED) is 0.910. The number of nitrogens with one attached hydrogen (secondary N) is 1. The molecular formula is C13H16Cl2N2O3S. The number of carbonyl (C=O) groups is 1. The number of benzene rings is 1. The lowest BCUT2D eigenvalue weighted by molar-refractivity contribution is -0.120. The predicted octanol–water partition coefficient (Wildman–Crippen LogP) is 2.60. The summed E-state index contributed by atoms with van der Waals surface area (Å²) in [5.41, 5.74) is 0.508. The molecule has 1 N–H and O–H groups in total. The van der Waals surface area contributed by atoms with Gasteiger partial charge in [-0.3, -0.25) is 4.79 Å². The van der Waals surface area contributed by atoms with E-state index in [-0.39, 0.29) is 18.4 Å². The highest BCUT2D eigenvalue weighted by atomic mass is 35.5. The molecule has 0 radical (unpaired) electrons. The van der Waals surface area contributed by atoms with Crippen LogP contribution in [0.3, 0.4) is 0 Å². The Kier molecular flexibility index (Phi) is 5.14. The highest BCUT2D eigenvalue weighted by molar-refractivity contribution is 7.88. The molecule has 1 saturated heterocycles. The Labute approximate surface area is 134 Å². The third-order valence-electron chi connectivity index (χ3n) is 3.35. The topological polar surface area (TPSA) is 66.5 Å². The summed E-state index contributed by atoms with van der Waals surface area (Å²) in [6.07, 6.45) is 2.48. The van der Waals surface area contributed by atoms with Crippen LogP contribution in [-0.4, -0.2) is 38.0 Å². The van der Waals surface area contributed by atoms with E-state index in [0.29, 0.717) is 35.1 Å². The third-order valence-corrected chi connectivity index (χ3v) is 5.06. The number of amides is 1. The van der Waals surface area contributed by atoms with Crippen LogP contribution in [0.25, 0.3) is 0 Å². The highest BCUT2D eigenvalue weighted by Gasteiger charge is 2.30. The van der Waals surface area contributed by atoms with Crippen molar-refractivity contribution in [1.29, 1.82) is 0 Å². The minimum Gasteiger partial charge on any atom is -0.326 e. The largest absolute Gasteiger partial charge is 0.326 e. The van der Waals surface area contributed by atoms with Crippen LogP contribution in [-0.2, 0) is 14.8 Å². The molecule has 1 heterocycles. The minimum atomic E-state index is -3.27. The Morgan fingerprint density at radius 3 is 2.48 bits per heavy atom. The number of piperidine rings is 1. The smallest absolute Gasteiger partial charge is 0.228 e. The number of nitrogens with zero attached hydrogens (tertiary/aromatic N) is 1. The second-order valence-electron chi connectivity index (χ2n) is 5.11. The Morgan fingerprint density at radius 1 is 1.29 bits per heavy atom. The summed E-state index contributed by atoms with van der Waals surface area (Å²) in [7, 11) is -3.27. The lowest BCUT2D eigenvalue weighted by Crippen LogP contribution is -2.43. The van der Waals surface area contributed by atoms with E-state index in [4.69, 9.17) is 23.2 Å². The highest BCUT2D eigenvalue weighted by Crippen LogP contribution is 2.24. The number of anilines is 1. The summed E-state index contributed by atoms with van der Waals surface area (Å²) >= 11 is 11.8. The average molecular weight is 351 g/mol. The predicted molar refractivity (Wildman–Crippen MR) is 84.2 cm³/mol.